The van der Waals surface area contributed by atoms with E-state index in [0.29, 0.717) is 13.1 Å². The molecule has 1 aliphatic heterocycles. The maximum absolute atomic E-state index is 13.5. The van der Waals surface area contributed by atoms with Crippen LogP contribution in [0.2, 0.25) is 0 Å². The lowest BCUT2D eigenvalue weighted by Crippen LogP contribution is -2.44. The summed E-state index contributed by atoms with van der Waals surface area (Å²) in [4.78, 5) is 31.1. The Balaban J connectivity index is 2.07. The molecule has 7 heteroatoms. The van der Waals surface area contributed by atoms with E-state index in [9.17, 15) is 9.59 Å². The number of thiophene rings is 1. The van der Waals surface area contributed by atoms with Crippen molar-refractivity contribution in [1.29, 1.82) is 0 Å². The number of hydrogen-bond donors (Lipinski definition) is 0. The Kier molecular flexibility index (Phi) is 6.57. The van der Waals surface area contributed by atoms with E-state index in [1.807, 2.05) is 60.1 Å². The van der Waals surface area contributed by atoms with Crippen molar-refractivity contribution in [3.63, 3.8) is 0 Å². The third-order valence-corrected chi connectivity index (χ3v) is 6.53. The van der Waals surface area contributed by atoms with Crippen molar-refractivity contribution in [1.82, 2.24) is 4.90 Å². The van der Waals surface area contributed by atoms with Gasteiger partial charge in [0.05, 0.1) is 17.5 Å². The summed E-state index contributed by atoms with van der Waals surface area (Å²) < 4.78 is 5.30. The van der Waals surface area contributed by atoms with Gasteiger partial charge in [-0.1, -0.05) is 12.1 Å². The van der Waals surface area contributed by atoms with Crippen molar-refractivity contribution in [2.24, 2.45) is 5.92 Å². The van der Waals surface area contributed by atoms with Crippen LogP contribution in [0, 0.1) is 5.92 Å². The number of fused-ring (bicyclic) bond motifs is 1. The van der Waals surface area contributed by atoms with E-state index >= 15 is 0 Å². The van der Waals surface area contributed by atoms with Gasteiger partial charge in [-0.15, -0.1) is 11.8 Å². The highest BCUT2D eigenvalue weighted by molar-refractivity contribution is 7.99. The molecule has 0 aliphatic carbocycles. The van der Waals surface area contributed by atoms with E-state index in [2.05, 4.69) is 0 Å². The second kappa shape index (κ2) is 8.91. The van der Waals surface area contributed by atoms with Crippen molar-refractivity contribution in [3.05, 3.63) is 46.7 Å². The van der Waals surface area contributed by atoms with Gasteiger partial charge in [-0.3, -0.25) is 9.59 Å². The molecule has 1 aliphatic rings. The summed E-state index contributed by atoms with van der Waals surface area (Å²) in [5, 5.41) is 3.69. The zero-order valence-electron chi connectivity index (χ0n) is 15.8. The number of carbonyl (C=O) groups excluding carboxylic acids is 2. The van der Waals surface area contributed by atoms with Gasteiger partial charge in [0.15, 0.2) is 5.92 Å². The number of ether oxygens (including phenoxy) is 1. The van der Waals surface area contributed by atoms with E-state index in [0.717, 1.165) is 16.1 Å². The summed E-state index contributed by atoms with van der Waals surface area (Å²) in [6.07, 6.45) is 0. The van der Waals surface area contributed by atoms with Crippen LogP contribution in [0.3, 0.4) is 0 Å². The molecule has 144 valence electrons. The Bertz CT molecular complexity index is 792. The highest BCUT2D eigenvalue weighted by Crippen LogP contribution is 2.48. The third kappa shape index (κ3) is 4.36. The predicted molar refractivity (Wildman–Crippen MR) is 110 cm³/mol. The average molecular weight is 405 g/mol. The molecule has 0 bridgehead atoms. The van der Waals surface area contributed by atoms with Crippen molar-refractivity contribution in [2.45, 2.75) is 17.1 Å². The first-order valence-corrected chi connectivity index (χ1v) is 10.8. The quantitative estimate of drug-likeness (QED) is 0.543. The van der Waals surface area contributed by atoms with E-state index < -0.39 is 11.9 Å². The highest BCUT2D eigenvalue weighted by Gasteiger charge is 2.43. The number of para-hydroxylation sites is 1. The first kappa shape index (κ1) is 19.9. The van der Waals surface area contributed by atoms with Gasteiger partial charge in [0.2, 0.25) is 5.91 Å². The van der Waals surface area contributed by atoms with Crippen molar-refractivity contribution >= 4 is 40.7 Å². The lowest BCUT2D eigenvalue weighted by atomic mass is 9.98. The second-order valence-corrected chi connectivity index (χ2v) is 8.55. The Morgan fingerprint density at radius 3 is 2.70 bits per heavy atom. The number of amides is 1. The first-order chi connectivity index (χ1) is 13.0. The van der Waals surface area contributed by atoms with Crippen LogP contribution in [0.4, 0.5) is 5.69 Å². The van der Waals surface area contributed by atoms with Crippen LogP contribution in [0.5, 0.6) is 0 Å². The molecular weight excluding hydrogens is 380 g/mol. The molecule has 1 aromatic heterocycles. The average Bonchev–Trinajstić information content (AvgIpc) is 3.13. The van der Waals surface area contributed by atoms with Crippen LogP contribution in [0.25, 0.3) is 0 Å². The molecule has 0 saturated heterocycles. The van der Waals surface area contributed by atoms with E-state index in [-0.39, 0.29) is 17.8 Å². The van der Waals surface area contributed by atoms with Gasteiger partial charge in [-0.05, 0) is 55.5 Å². The molecule has 0 radical (unpaired) electrons. The minimum absolute atomic E-state index is 0.191. The monoisotopic (exact) mass is 404 g/mol. The Labute approximate surface area is 168 Å². The number of anilines is 1. The summed E-state index contributed by atoms with van der Waals surface area (Å²) in [6.45, 7) is 3.26. The number of benzene rings is 1. The number of nitrogens with zero attached hydrogens (tertiary/aromatic N) is 2. The van der Waals surface area contributed by atoms with Gasteiger partial charge < -0.3 is 14.5 Å². The largest absolute Gasteiger partial charge is 0.465 e. The van der Waals surface area contributed by atoms with Crippen molar-refractivity contribution in [3.8, 4) is 0 Å². The second-order valence-electron chi connectivity index (χ2n) is 6.59. The molecule has 2 atom stereocenters. The fourth-order valence-electron chi connectivity index (χ4n) is 3.09. The zero-order valence-corrected chi connectivity index (χ0v) is 17.4. The summed E-state index contributed by atoms with van der Waals surface area (Å²) in [6, 6.07) is 9.85. The maximum Gasteiger partial charge on any atom is 0.320 e. The fourth-order valence-corrected chi connectivity index (χ4v) is 5.24. The van der Waals surface area contributed by atoms with Crippen LogP contribution in [-0.4, -0.2) is 50.6 Å². The number of esters is 1. The van der Waals surface area contributed by atoms with Gasteiger partial charge in [-0.25, -0.2) is 0 Å². The predicted octanol–water partition coefficient (Wildman–Crippen LogP) is 3.67. The van der Waals surface area contributed by atoms with Gasteiger partial charge in [0.1, 0.15) is 0 Å². The topological polar surface area (TPSA) is 49.9 Å². The molecule has 5 nitrogen and oxygen atoms in total. The summed E-state index contributed by atoms with van der Waals surface area (Å²) in [7, 11) is 3.94. The molecule has 1 amide bonds. The lowest BCUT2D eigenvalue weighted by Gasteiger charge is -2.27. The van der Waals surface area contributed by atoms with Crippen LogP contribution in [0.1, 0.15) is 17.7 Å². The smallest absolute Gasteiger partial charge is 0.320 e. The van der Waals surface area contributed by atoms with Gasteiger partial charge >= 0.3 is 5.97 Å². The minimum Gasteiger partial charge on any atom is -0.465 e. The SMILES string of the molecule is CCOC(=O)[C@@H]1C(=O)N(CCN(C)C)c2ccccc2S[C@H]1c1ccsc1. The van der Waals surface area contributed by atoms with Crippen LogP contribution >= 0.6 is 23.1 Å². The van der Waals surface area contributed by atoms with Gasteiger partial charge in [0, 0.05) is 18.0 Å². The van der Waals surface area contributed by atoms with E-state index in [1.165, 1.54) is 0 Å². The first-order valence-electron chi connectivity index (χ1n) is 8.93. The number of carbonyl (C=O) groups is 2. The third-order valence-electron chi connectivity index (χ3n) is 4.43. The Morgan fingerprint density at radius 2 is 2.04 bits per heavy atom. The molecule has 3 rings (SSSR count). The summed E-state index contributed by atoms with van der Waals surface area (Å²) >= 11 is 3.14. The van der Waals surface area contributed by atoms with Crippen molar-refractivity contribution < 1.29 is 14.3 Å². The summed E-state index contributed by atoms with van der Waals surface area (Å²) in [5.74, 6) is -1.50. The molecule has 0 N–H and O–H groups in total. The van der Waals surface area contributed by atoms with E-state index in [1.54, 1.807) is 34.9 Å². The molecule has 1 aromatic carbocycles. The minimum atomic E-state index is -0.862. The standard InChI is InChI=1S/C20H24N2O3S2/c1-4-25-20(24)17-18(14-9-12-26-13-14)27-16-8-6-5-7-15(16)22(19(17)23)11-10-21(2)3/h5-9,12-13,17-18H,4,10-11H2,1-3H3/t17-,18-/m0/s1. The zero-order chi connectivity index (χ0) is 19.4. The molecule has 27 heavy (non-hydrogen) atoms. The molecule has 0 fully saturated rings. The van der Waals surface area contributed by atoms with Gasteiger partial charge in [0.25, 0.3) is 0 Å². The van der Waals surface area contributed by atoms with Crippen LogP contribution < -0.4 is 4.90 Å². The number of likely N-dealkylation sites (N-methyl/N-ethyl adjacent to an activating group) is 1. The lowest BCUT2D eigenvalue weighted by molar-refractivity contribution is -0.151. The molecule has 0 spiro atoms. The normalized spacial score (nSPS) is 19.7. The van der Waals surface area contributed by atoms with Crippen LogP contribution in [-0.2, 0) is 14.3 Å². The molecule has 2 heterocycles. The van der Waals surface area contributed by atoms with Crippen molar-refractivity contribution in [2.75, 3.05) is 38.7 Å². The molecule has 0 unspecified atom stereocenters. The molecular formula is C20H24N2O3S2. The van der Waals surface area contributed by atoms with Gasteiger partial charge in [-0.2, -0.15) is 11.3 Å². The maximum atomic E-state index is 13.5. The number of rotatable bonds is 6. The number of hydrogen-bond acceptors (Lipinski definition) is 6. The molecule has 0 saturated carbocycles. The van der Waals surface area contributed by atoms with E-state index in [4.69, 9.17) is 4.74 Å². The van der Waals surface area contributed by atoms with Crippen LogP contribution in [0.15, 0.2) is 46.0 Å². The fraction of sp³-hybridized carbons (Fsp3) is 0.400. The molecule has 2 aromatic rings. The Morgan fingerprint density at radius 1 is 1.26 bits per heavy atom. The number of thioether (sulfide) groups is 1. The summed E-state index contributed by atoms with van der Waals surface area (Å²) in [5.41, 5.74) is 1.85. The highest BCUT2D eigenvalue weighted by atomic mass is 32.2. The Hall–Kier alpha value is -1.83.